The molecule has 0 bridgehead atoms. The topological polar surface area (TPSA) is 164 Å². The van der Waals surface area contributed by atoms with E-state index in [4.69, 9.17) is 10.3 Å². The molecule has 0 unspecified atom stereocenters. The Bertz CT molecular complexity index is 772. The summed E-state index contributed by atoms with van der Waals surface area (Å²) in [5.74, 6) is -1.75. The van der Waals surface area contributed by atoms with Gasteiger partial charge in [-0.1, -0.05) is 5.16 Å². The van der Waals surface area contributed by atoms with Crippen LogP contribution in [0.3, 0.4) is 0 Å². The first-order valence-corrected chi connectivity index (χ1v) is 8.38. The number of anilines is 1. The number of nitrogens with zero attached hydrogens (tertiary/aromatic N) is 3. The number of β-lactam (4-membered cyclic amide) rings is 1. The number of carbonyl (C=O) groups excluding carboxylic acids is 2. The zero-order chi connectivity index (χ0) is 17.4. The number of amides is 2. The van der Waals surface area contributed by atoms with Crippen molar-refractivity contribution < 1.29 is 27.4 Å². The second kappa shape index (κ2) is 6.10. The maximum absolute atomic E-state index is 12.2. The fourth-order valence-electron chi connectivity index (χ4n) is 2.01. The number of nitrogens with one attached hydrogen (secondary N) is 1. The lowest BCUT2D eigenvalue weighted by molar-refractivity contribution is -0.143. The van der Waals surface area contributed by atoms with Crippen molar-refractivity contribution in [1.82, 2.24) is 14.6 Å². The van der Waals surface area contributed by atoms with Gasteiger partial charge in [-0.2, -0.15) is 8.42 Å². The molecule has 11 nitrogen and oxygen atoms in total. The van der Waals surface area contributed by atoms with Gasteiger partial charge in [0.15, 0.2) is 10.8 Å². The molecule has 0 radical (unpaired) electrons. The van der Waals surface area contributed by atoms with E-state index in [0.717, 1.165) is 11.3 Å². The normalized spacial score (nSPS) is 21.8. The Kier molecular flexibility index (Phi) is 4.53. The highest BCUT2D eigenvalue weighted by Gasteiger charge is 2.51. The molecule has 0 aliphatic carbocycles. The van der Waals surface area contributed by atoms with Gasteiger partial charge in [-0.15, -0.1) is 11.3 Å². The predicted molar refractivity (Wildman–Crippen MR) is 79.9 cm³/mol. The summed E-state index contributed by atoms with van der Waals surface area (Å²) in [4.78, 5) is 32.4. The standard InChI is InChI=1S/C10H13N5O6S2/c1-4-6(9(17)15(4)23(18,19)20)13-8(16)7(14-21-2)5-3-22-10(11)12-5/h3-4,6H,1-2H3,(H2,11,12)(H,13,16)(H,18,19,20)/t4-,6+/m1/s1. The Morgan fingerprint density at radius 1 is 1.61 bits per heavy atom. The Morgan fingerprint density at radius 3 is 2.70 bits per heavy atom. The van der Waals surface area contributed by atoms with Crippen LogP contribution >= 0.6 is 11.3 Å². The van der Waals surface area contributed by atoms with Crippen molar-refractivity contribution in [3.05, 3.63) is 11.1 Å². The lowest BCUT2D eigenvalue weighted by Gasteiger charge is -2.42. The Labute approximate surface area is 135 Å². The highest BCUT2D eigenvalue weighted by atomic mass is 32.2. The predicted octanol–water partition coefficient (Wildman–Crippen LogP) is -1.41. The molecule has 0 spiro atoms. The second-order valence-corrected chi connectivity index (χ2v) is 6.68. The highest BCUT2D eigenvalue weighted by molar-refractivity contribution is 7.84. The maximum atomic E-state index is 12.2. The number of nitrogens with two attached hydrogens (primary N) is 1. The SMILES string of the molecule is CON=C(C(=O)N[C@@H]1C(=O)N(S(=O)(=O)O)[C@@H]1C)c1csc(N)n1. The maximum Gasteiger partial charge on any atom is 0.362 e. The lowest BCUT2D eigenvalue weighted by atomic mass is 10.0. The first-order valence-electron chi connectivity index (χ1n) is 6.11. The van der Waals surface area contributed by atoms with E-state index in [1.54, 1.807) is 0 Å². The number of thiazole rings is 1. The lowest BCUT2D eigenvalue weighted by Crippen LogP contribution is -2.71. The van der Waals surface area contributed by atoms with Crippen LogP contribution in [0, 0.1) is 0 Å². The van der Waals surface area contributed by atoms with E-state index in [2.05, 4.69) is 20.3 Å². The summed E-state index contributed by atoms with van der Waals surface area (Å²) in [6, 6.07) is -2.06. The molecule has 1 aliphatic heterocycles. The van der Waals surface area contributed by atoms with E-state index in [0.29, 0.717) is 0 Å². The summed E-state index contributed by atoms with van der Waals surface area (Å²) in [6.07, 6.45) is 0. The van der Waals surface area contributed by atoms with E-state index in [-0.39, 0.29) is 20.8 Å². The van der Waals surface area contributed by atoms with Crippen molar-refractivity contribution in [3.63, 3.8) is 0 Å². The van der Waals surface area contributed by atoms with E-state index in [1.807, 2.05) is 0 Å². The van der Waals surface area contributed by atoms with Crippen LogP contribution in [0.2, 0.25) is 0 Å². The number of carbonyl (C=O) groups is 2. The second-order valence-electron chi connectivity index (χ2n) is 4.50. The largest absolute Gasteiger partial charge is 0.398 e. The van der Waals surface area contributed by atoms with Gasteiger partial charge in [0.05, 0.1) is 6.04 Å². The summed E-state index contributed by atoms with van der Waals surface area (Å²) in [5, 5.41) is 7.54. The van der Waals surface area contributed by atoms with Gasteiger partial charge in [0, 0.05) is 5.38 Å². The molecular formula is C10H13N5O6S2. The molecule has 0 saturated carbocycles. The first-order chi connectivity index (χ1) is 10.7. The molecule has 0 aromatic carbocycles. The van der Waals surface area contributed by atoms with Crippen LogP contribution in [0.25, 0.3) is 0 Å². The van der Waals surface area contributed by atoms with Gasteiger partial charge >= 0.3 is 10.3 Å². The third-order valence-electron chi connectivity index (χ3n) is 3.03. The number of rotatable bonds is 5. The fourth-order valence-corrected chi connectivity index (χ4v) is 3.44. The number of aromatic nitrogens is 1. The smallest absolute Gasteiger partial charge is 0.362 e. The molecule has 1 aromatic rings. The van der Waals surface area contributed by atoms with Crippen molar-refractivity contribution in [3.8, 4) is 0 Å². The third kappa shape index (κ3) is 3.25. The minimum absolute atomic E-state index is 0.151. The number of oxime groups is 1. The van der Waals surface area contributed by atoms with Crippen LogP contribution in [0.5, 0.6) is 0 Å². The minimum atomic E-state index is -4.66. The molecule has 1 saturated heterocycles. The van der Waals surface area contributed by atoms with Crippen LogP contribution in [0.1, 0.15) is 12.6 Å². The van der Waals surface area contributed by atoms with Gasteiger partial charge in [-0.3, -0.25) is 14.1 Å². The Hall–Kier alpha value is -2.25. The molecule has 1 aliphatic rings. The van der Waals surface area contributed by atoms with Crippen molar-refractivity contribution in [1.29, 1.82) is 0 Å². The van der Waals surface area contributed by atoms with Crippen molar-refractivity contribution in [2.24, 2.45) is 5.16 Å². The van der Waals surface area contributed by atoms with Gasteiger partial charge in [0.25, 0.3) is 11.8 Å². The van der Waals surface area contributed by atoms with Crippen LogP contribution < -0.4 is 11.1 Å². The van der Waals surface area contributed by atoms with E-state index in [9.17, 15) is 18.0 Å². The third-order valence-corrected chi connectivity index (χ3v) is 4.72. The van der Waals surface area contributed by atoms with Crippen molar-refractivity contribution in [2.75, 3.05) is 12.8 Å². The zero-order valence-electron chi connectivity index (χ0n) is 12.0. The first kappa shape index (κ1) is 17.1. The van der Waals surface area contributed by atoms with Gasteiger partial charge in [0.1, 0.15) is 18.8 Å². The van der Waals surface area contributed by atoms with Crippen molar-refractivity contribution in [2.45, 2.75) is 19.0 Å². The zero-order valence-corrected chi connectivity index (χ0v) is 13.6. The van der Waals surface area contributed by atoms with E-state index in [1.165, 1.54) is 19.4 Å². The Balaban J connectivity index is 2.15. The molecule has 2 amide bonds. The molecule has 2 heterocycles. The fraction of sp³-hybridized carbons (Fsp3) is 0.400. The van der Waals surface area contributed by atoms with Crippen LogP contribution in [0.15, 0.2) is 10.5 Å². The van der Waals surface area contributed by atoms with Gasteiger partial charge in [-0.05, 0) is 6.92 Å². The average molecular weight is 363 g/mol. The molecule has 126 valence electrons. The molecule has 1 aromatic heterocycles. The number of nitrogen functional groups attached to an aromatic ring is 1. The molecule has 1 fully saturated rings. The molecule has 4 N–H and O–H groups in total. The summed E-state index contributed by atoms with van der Waals surface area (Å²) in [5.41, 5.74) is 5.42. The van der Waals surface area contributed by atoms with Crippen LogP contribution in [-0.2, 0) is 24.7 Å². The monoisotopic (exact) mass is 363 g/mol. The summed E-state index contributed by atoms with van der Waals surface area (Å²) >= 11 is 1.08. The minimum Gasteiger partial charge on any atom is -0.398 e. The molecule has 13 heteroatoms. The number of hydrogen-bond donors (Lipinski definition) is 3. The van der Waals surface area contributed by atoms with E-state index >= 15 is 0 Å². The summed E-state index contributed by atoms with van der Waals surface area (Å²) in [7, 11) is -3.44. The highest BCUT2D eigenvalue weighted by Crippen LogP contribution is 2.23. The van der Waals surface area contributed by atoms with Crippen LogP contribution in [0.4, 0.5) is 5.13 Å². The van der Waals surface area contributed by atoms with Gasteiger partial charge in [0.2, 0.25) is 0 Å². The molecule has 2 rings (SSSR count). The molecule has 23 heavy (non-hydrogen) atoms. The molecule has 2 atom stereocenters. The van der Waals surface area contributed by atoms with Crippen molar-refractivity contribution >= 4 is 44.3 Å². The summed E-state index contributed by atoms with van der Waals surface area (Å²) < 4.78 is 31.2. The quantitative estimate of drug-likeness (QED) is 0.248. The van der Waals surface area contributed by atoms with Gasteiger partial charge in [-0.25, -0.2) is 9.29 Å². The van der Waals surface area contributed by atoms with E-state index < -0.39 is 34.2 Å². The summed E-state index contributed by atoms with van der Waals surface area (Å²) in [6.45, 7) is 1.36. The average Bonchev–Trinajstić information content (AvgIpc) is 2.86. The van der Waals surface area contributed by atoms with Crippen LogP contribution in [-0.4, -0.2) is 59.0 Å². The molecular weight excluding hydrogens is 350 g/mol. The number of hydrogen-bond acceptors (Lipinski definition) is 9. The van der Waals surface area contributed by atoms with Gasteiger partial charge < -0.3 is 15.9 Å². The Morgan fingerprint density at radius 2 is 2.26 bits per heavy atom.